The molecule has 4 aromatic rings. The van der Waals surface area contributed by atoms with Gasteiger partial charge in [-0.05, 0) is 41.1 Å². The number of aromatic nitrogens is 1. The van der Waals surface area contributed by atoms with Crippen LogP contribution >= 0.6 is 22.7 Å². The van der Waals surface area contributed by atoms with E-state index in [4.69, 9.17) is 9.72 Å². The Balaban J connectivity index is 1.57. The summed E-state index contributed by atoms with van der Waals surface area (Å²) in [7, 11) is -1.80. The van der Waals surface area contributed by atoms with Gasteiger partial charge in [0.05, 0.1) is 36.5 Å². The van der Waals surface area contributed by atoms with Gasteiger partial charge >= 0.3 is 16.4 Å². The molecule has 3 N–H and O–H groups in total. The number of thiazole rings is 1. The molecular formula is C27H28N4O7S3. The lowest BCUT2D eigenvalue weighted by molar-refractivity contribution is -0.171. The number of ether oxygens (including phenoxy) is 1. The monoisotopic (exact) mass is 616 g/mol. The third-order valence-electron chi connectivity index (χ3n) is 5.80. The van der Waals surface area contributed by atoms with E-state index in [9.17, 15) is 18.0 Å². The summed E-state index contributed by atoms with van der Waals surface area (Å²) in [5.41, 5.74) is 2.59. The van der Waals surface area contributed by atoms with Gasteiger partial charge in [-0.2, -0.15) is 8.42 Å². The summed E-state index contributed by atoms with van der Waals surface area (Å²) in [6.07, 6.45) is -0.122. The van der Waals surface area contributed by atoms with Gasteiger partial charge in [0, 0.05) is 11.8 Å². The van der Waals surface area contributed by atoms with E-state index in [0.29, 0.717) is 12.1 Å². The van der Waals surface area contributed by atoms with Crippen LogP contribution in [0.4, 0.5) is 10.5 Å². The van der Waals surface area contributed by atoms with Crippen LogP contribution in [0.5, 0.6) is 0 Å². The second kappa shape index (κ2) is 14.2. The minimum atomic E-state index is -4.13. The zero-order chi connectivity index (χ0) is 29.2. The maximum Gasteiger partial charge on any atom is 0.407 e. The summed E-state index contributed by atoms with van der Waals surface area (Å²) in [6.45, 7) is 0. The third kappa shape index (κ3) is 8.83. The Kier molecular flexibility index (Phi) is 10.4. The average molecular weight is 617 g/mol. The van der Waals surface area contributed by atoms with E-state index in [1.165, 1.54) is 18.4 Å². The fourth-order valence-corrected chi connectivity index (χ4v) is 6.24. The highest BCUT2D eigenvalue weighted by molar-refractivity contribution is 7.88. The highest BCUT2D eigenvalue weighted by atomic mass is 32.2. The SMILES string of the molecule is COOS(=O)(=O)Nc1ccc(C[C@H](NC(=O)[C@H](Cc2ccccc2)NC(=O)OC)c2csc(-c3cccs3)n2)cc1. The van der Waals surface area contributed by atoms with E-state index in [2.05, 4.69) is 24.6 Å². The van der Waals surface area contributed by atoms with Crippen molar-refractivity contribution in [3.05, 3.63) is 94.3 Å². The molecular weight excluding hydrogens is 589 g/mol. The third-order valence-corrected chi connectivity index (χ3v) is 8.50. The highest BCUT2D eigenvalue weighted by Gasteiger charge is 2.26. The van der Waals surface area contributed by atoms with Crippen molar-refractivity contribution < 1.29 is 32.0 Å². The van der Waals surface area contributed by atoms with Crippen molar-refractivity contribution in [2.45, 2.75) is 24.9 Å². The summed E-state index contributed by atoms with van der Waals surface area (Å²) in [5.74, 6) is -0.406. The van der Waals surface area contributed by atoms with Crippen LogP contribution in [-0.2, 0) is 41.9 Å². The Hall–Kier alpha value is -3.82. The number of nitrogens with one attached hydrogen (secondary N) is 3. The molecule has 14 heteroatoms. The van der Waals surface area contributed by atoms with Crippen molar-refractivity contribution in [2.24, 2.45) is 0 Å². The first kappa shape index (κ1) is 30.1. The minimum Gasteiger partial charge on any atom is -0.453 e. The lowest BCUT2D eigenvalue weighted by atomic mass is 10.0. The number of hydrogen-bond acceptors (Lipinski definition) is 10. The van der Waals surface area contributed by atoms with Crippen LogP contribution < -0.4 is 15.4 Å². The number of carbonyl (C=O) groups is 2. The molecule has 0 aliphatic carbocycles. The maximum atomic E-state index is 13.6. The van der Waals surface area contributed by atoms with Crippen molar-refractivity contribution in [2.75, 3.05) is 18.9 Å². The van der Waals surface area contributed by atoms with Crippen LogP contribution in [0.3, 0.4) is 0 Å². The molecule has 41 heavy (non-hydrogen) atoms. The molecule has 2 aromatic heterocycles. The van der Waals surface area contributed by atoms with Crippen LogP contribution in [0.1, 0.15) is 22.9 Å². The van der Waals surface area contributed by atoms with Crippen molar-refractivity contribution in [3.8, 4) is 9.88 Å². The summed E-state index contributed by atoms with van der Waals surface area (Å²) in [4.78, 5) is 35.7. The first-order valence-corrected chi connectivity index (χ1v) is 15.4. The molecule has 0 radical (unpaired) electrons. The van der Waals surface area contributed by atoms with Crippen LogP contribution in [-0.4, -0.2) is 45.7 Å². The van der Waals surface area contributed by atoms with Gasteiger partial charge in [0.15, 0.2) is 0 Å². The van der Waals surface area contributed by atoms with Gasteiger partial charge in [-0.1, -0.05) is 52.9 Å². The number of carbonyl (C=O) groups excluding carboxylic acids is 2. The number of rotatable bonds is 13. The molecule has 0 saturated carbocycles. The smallest absolute Gasteiger partial charge is 0.407 e. The van der Waals surface area contributed by atoms with Gasteiger partial charge in [-0.15, -0.1) is 22.7 Å². The van der Waals surface area contributed by atoms with Gasteiger partial charge in [0.2, 0.25) is 5.91 Å². The fourth-order valence-electron chi connectivity index (χ4n) is 3.92. The average Bonchev–Trinajstić information content (AvgIpc) is 3.66. The van der Waals surface area contributed by atoms with E-state index < -0.39 is 34.4 Å². The van der Waals surface area contributed by atoms with Gasteiger partial charge in [-0.25, -0.2) is 14.7 Å². The van der Waals surface area contributed by atoms with E-state index >= 15 is 0 Å². The van der Waals surface area contributed by atoms with Crippen LogP contribution in [0, 0.1) is 0 Å². The van der Waals surface area contributed by atoms with Crippen LogP contribution in [0.2, 0.25) is 0 Å². The molecule has 0 unspecified atom stereocenters. The normalized spacial score (nSPS) is 12.7. The number of amides is 2. The Labute approximate surface area is 245 Å². The summed E-state index contributed by atoms with van der Waals surface area (Å²) in [6, 6.07) is 18.4. The van der Waals surface area contributed by atoms with Crippen molar-refractivity contribution in [3.63, 3.8) is 0 Å². The van der Waals surface area contributed by atoms with Gasteiger partial charge in [-0.3, -0.25) is 9.52 Å². The van der Waals surface area contributed by atoms with Crippen molar-refractivity contribution >= 4 is 50.7 Å². The van der Waals surface area contributed by atoms with Gasteiger partial charge in [0.25, 0.3) is 0 Å². The quantitative estimate of drug-likeness (QED) is 0.147. The molecule has 2 heterocycles. The van der Waals surface area contributed by atoms with Gasteiger partial charge < -0.3 is 15.4 Å². The Bertz CT molecular complexity index is 1530. The summed E-state index contributed by atoms with van der Waals surface area (Å²) in [5, 5.41) is 10.4. The predicted octanol–water partition coefficient (Wildman–Crippen LogP) is 4.47. The standard InChI is InChI=1S/C27H28N4O7S3/c1-36-27(33)30-22(16-18-7-4-3-5-8-18)25(32)28-21(23-17-40-26(29-23)24-9-6-14-39-24)15-19-10-12-20(13-11-19)31-41(34,35)38-37-2/h3-14,17,21-22,31H,15-16H2,1-2H3,(H,28,32)(H,30,33)/t21-,22-/m0/s1. The lowest BCUT2D eigenvalue weighted by Crippen LogP contribution is -2.49. The topological polar surface area (TPSA) is 145 Å². The molecule has 4 rings (SSSR count). The van der Waals surface area contributed by atoms with Crippen LogP contribution in [0.15, 0.2) is 77.5 Å². The number of anilines is 1. The van der Waals surface area contributed by atoms with Crippen molar-refractivity contribution in [1.29, 1.82) is 0 Å². The first-order chi connectivity index (χ1) is 19.8. The lowest BCUT2D eigenvalue weighted by Gasteiger charge is -2.23. The molecule has 2 aromatic carbocycles. The molecule has 2 atom stereocenters. The molecule has 2 amide bonds. The predicted molar refractivity (Wildman–Crippen MR) is 157 cm³/mol. The second-order valence-electron chi connectivity index (χ2n) is 8.69. The number of hydrogen-bond donors (Lipinski definition) is 3. The maximum absolute atomic E-state index is 13.6. The zero-order valence-electron chi connectivity index (χ0n) is 22.1. The van der Waals surface area contributed by atoms with E-state index in [1.54, 1.807) is 35.6 Å². The molecule has 216 valence electrons. The second-order valence-corrected chi connectivity index (χ2v) is 11.7. The Morgan fingerprint density at radius 1 is 0.902 bits per heavy atom. The van der Waals surface area contributed by atoms with Crippen molar-refractivity contribution in [1.82, 2.24) is 15.6 Å². The molecule has 0 spiro atoms. The van der Waals surface area contributed by atoms with E-state index in [0.717, 1.165) is 28.1 Å². The fraction of sp³-hybridized carbons (Fsp3) is 0.222. The molecule has 0 aliphatic heterocycles. The largest absolute Gasteiger partial charge is 0.453 e. The minimum absolute atomic E-state index is 0.254. The summed E-state index contributed by atoms with van der Waals surface area (Å²) < 4.78 is 34.8. The number of alkyl carbamates (subject to hydrolysis) is 1. The van der Waals surface area contributed by atoms with E-state index in [1.807, 2.05) is 53.2 Å². The molecule has 0 saturated heterocycles. The molecule has 11 nitrogen and oxygen atoms in total. The number of nitrogens with zero attached hydrogens (tertiary/aromatic N) is 1. The molecule has 0 bridgehead atoms. The Morgan fingerprint density at radius 3 is 2.29 bits per heavy atom. The first-order valence-electron chi connectivity index (χ1n) is 12.3. The van der Waals surface area contributed by atoms with Gasteiger partial charge in [0.1, 0.15) is 11.0 Å². The number of methoxy groups -OCH3 is 1. The summed E-state index contributed by atoms with van der Waals surface area (Å²) >= 11 is 3.04. The van der Waals surface area contributed by atoms with Crippen LogP contribution in [0.25, 0.3) is 9.88 Å². The number of benzene rings is 2. The Morgan fingerprint density at radius 2 is 1.63 bits per heavy atom. The molecule has 0 fully saturated rings. The molecule has 0 aliphatic rings. The highest BCUT2D eigenvalue weighted by Crippen LogP contribution is 2.31. The van der Waals surface area contributed by atoms with E-state index in [-0.39, 0.29) is 12.1 Å². The zero-order valence-corrected chi connectivity index (χ0v) is 24.6. The number of thiophene rings is 1.